The van der Waals surface area contributed by atoms with E-state index in [1.165, 1.54) is 0 Å². The number of esters is 1. The van der Waals surface area contributed by atoms with E-state index in [4.69, 9.17) is 4.74 Å². The van der Waals surface area contributed by atoms with Crippen molar-refractivity contribution >= 4 is 12.4 Å². The lowest BCUT2D eigenvalue weighted by Crippen LogP contribution is -2.28. The quantitative estimate of drug-likeness (QED) is 0.378. The molecule has 1 amide bonds. The van der Waals surface area contributed by atoms with Gasteiger partial charge in [0, 0.05) is 0 Å². The predicted octanol–water partition coefficient (Wildman–Crippen LogP) is 0.712. The maximum atomic E-state index is 11.3. The number of hydrogen-bond acceptors (Lipinski definition) is 3. The summed E-state index contributed by atoms with van der Waals surface area (Å²) in [5.74, 6) is -0.220. The monoisotopic (exact) mass is 187 g/mol. The van der Waals surface area contributed by atoms with Gasteiger partial charge in [0.25, 0.3) is 0 Å². The Hall–Kier alpha value is -1.06. The number of carbonyl (C=O) groups excluding carboxylic acids is 2. The molecule has 0 atom stereocenters. The Bertz CT molecular complexity index is 178. The number of hydrogen-bond donors (Lipinski definition) is 1. The molecule has 0 spiro atoms. The number of nitrogens with one attached hydrogen (secondary N) is 1. The summed E-state index contributed by atoms with van der Waals surface area (Å²) in [5, 5.41) is 2.42. The van der Waals surface area contributed by atoms with Crippen molar-refractivity contribution in [2.24, 2.45) is 5.41 Å². The van der Waals surface area contributed by atoms with Crippen LogP contribution < -0.4 is 5.32 Å². The Labute approximate surface area is 78.6 Å². The number of ether oxygens (including phenoxy) is 1. The number of rotatable bonds is 6. The lowest BCUT2D eigenvalue weighted by Gasteiger charge is -2.20. The van der Waals surface area contributed by atoms with Gasteiger partial charge in [0.15, 0.2) is 0 Å². The van der Waals surface area contributed by atoms with Gasteiger partial charge in [-0.05, 0) is 20.3 Å². The van der Waals surface area contributed by atoms with Gasteiger partial charge in [-0.15, -0.1) is 0 Å². The highest BCUT2D eigenvalue weighted by Gasteiger charge is 2.26. The number of amides is 1. The highest BCUT2D eigenvalue weighted by molar-refractivity contribution is 5.75. The largest absolute Gasteiger partial charge is 0.463 e. The average molecular weight is 187 g/mol. The van der Waals surface area contributed by atoms with E-state index < -0.39 is 5.41 Å². The van der Waals surface area contributed by atoms with Crippen LogP contribution in [-0.2, 0) is 14.3 Å². The van der Waals surface area contributed by atoms with Crippen molar-refractivity contribution in [2.75, 3.05) is 13.2 Å². The molecule has 0 saturated heterocycles. The first-order chi connectivity index (χ1) is 6.04. The van der Waals surface area contributed by atoms with Gasteiger partial charge in [0.2, 0.25) is 6.41 Å². The molecule has 0 aromatic carbocycles. The molecule has 0 heterocycles. The maximum Gasteiger partial charge on any atom is 0.311 e. The van der Waals surface area contributed by atoms with Gasteiger partial charge in [-0.25, -0.2) is 0 Å². The highest BCUT2D eigenvalue weighted by atomic mass is 16.5. The molecule has 0 aromatic heterocycles. The molecule has 0 radical (unpaired) electrons. The second-order valence-corrected chi connectivity index (χ2v) is 3.45. The van der Waals surface area contributed by atoms with Crippen LogP contribution >= 0.6 is 0 Å². The topological polar surface area (TPSA) is 55.4 Å². The minimum absolute atomic E-state index is 0.220. The summed E-state index contributed by atoms with van der Waals surface area (Å²) in [4.78, 5) is 21.2. The van der Waals surface area contributed by atoms with Crippen LogP contribution in [0.3, 0.4) is 0 Å². The molecule has 4 nitrogen and oxygen atoms in total. The van der Waals surface area contributed by atoms with Gasteiger partial charge in [0.05, 0.1) is 12.0 Å². The first-order valence-electron chi connectivity index (χ1n) is 4.39. The third-order valence-electron chi connectivity index (χ3n) is 2.00. The molecule has 4 heteroatoms. The highest BCUT2D eigenvalue weighted by Crippen LogP contribution is 2.20. The van der Waals surface area contributed by atoms with Crippen LogP contribution in [0, 0.1) is 5.41 Å². The molecule has 0 saturated carbocycles. The number of carbonyl (C=O) groups is 2. The summed E-state index contributed by atoms with van der Waals surface area (Å²) in [6, 6.07) is 0. The third kappa shape index (κ3) is 4.50. The van der Waals surface area contributed by atoms with E-state index in [9.17, 15) is 9.59 Å². The first kappa shape index (κ1) is 11.9. The Morgan fingerprint density at radius 3 is 2.62 bits per heavy atom. The van der Waals surface area contributed by atoms with Gasteiger partial charge in [-0.1, -0.05) is 6.92 Å². The van der Waals surface area contributed by atoms with Gasteiger partial charge < -0.3 is 10.1 Å². The summed E-state index contributed by atoms with van der Waals surface area (Å²) in [7, 11) is 0. The normalized spacial score (nSPS) is 10.7. The molecule has 0 aliphatic carbocycles. The fourth-order valence-corrected chi connectivity index (χ4v) is 0.601. The second kappa shape index (κ2) is 5.56. The Morgan fingerprint density at radius 1 is 1.54 bits per heavy atom. The Balaban J connectivity index is 3.68. The van der Waals surface area contributed by atoms with Crippen molar-refractivity contribution in [2.45, 2.75) is 27.2 Å². The Morgan fingerprint density at radius 2 is 2.15 bits per heavy atom. The van der Waals surface area contributed by atoms with Crippen LogP contribution in [0.25, 0.3) is 0 Å². The zero-order valence-electron chi connectivity index (χ0n) is 8.42. The standard InChI is InChI=1S/C9H17NO3/c1-4-9(2,3)8(12)13-6-5-10-7-11/h7H,4-6H2,1-3H3,(H,10,11). The zero-order chi connectivity index (χ0) is 10.3. The van der Waals surface area contributed by atoms with Gasteiger partial charge in [-0.2, -0.15) is 0 Å². The van der Waals surface area contributed by atoms with Gasteiger partial charge >= 0.3 is 5.97 Å². The smallest absolute Gasteiger partial charge is 0.311 e. The molecule has 0 fully saturated rings. The summed E-state index contributed by atoms with van der Waals surface area (Å²) in [5.41, 5.74) is -0.429. The molecule has 0 rings (SSSR count). The van der Waals surface area contributed by atoms with E-state index in [1.54, 1.807) is 0 Å². The van der Waals surface area contributed by atoms with E-state index in [2.05, 4.69) is 5.32 Å². The summed E-state index contributed by atoms with van der Waals surface area (Å²) >= 11 is 0. The lowest BCUT2D eigenvalue weighted by molar-refractivity contribution is -0.154. The van der Waals surface area contributed by atoms with Crippen LogP contribution in [-0.4, -0.2) is 25.5 Å². The van der Waals surface area contributed by atoms with Gasteiger partial charge in [0.1, 0.15) is 6.61 Å². The lowest BCUT2D eigenvalue weighted by atomic mass is 9.91. The van der Waals surface area contributed by atoms with Crippen molar-refractivity contribution in [3.8, 4) is 0 Å². The molecular weight excluding hydrogens is 170 g/mol. The van der Waals surface area contributed by atoms with Crippen molar-refractivity contribution < 1.29 is 14.3 Å². The van der Waals surface area contributed by atoms with E-state index in [0.29, 0.717) is 13.0 Å². The van der Waals surface area contributed by atoms with E-state index in [0.717, 1.165) is 6.42 Å². The summed E-state index contributed by atoms with van der Waals surface area (Å²) in [6.45, 7) is 6.21. The van der Waals surface area contributed by atoms with Crippen LogP contribution in [0.5, 0.6) is 0 Å². The molecular formula is C9H17NO3. The molecule has 13 heavy (non-hydrogen) atoms. The van der Waals surface area contributed by atoms with E-state index in [1.807, 2.05) is 20.8 Å². The molecule has 0 aliphatic heterocycles. The van der Waals surface area contributed by atoms with Crippen molar-refractivity contribution in [1.29, 1.82) is 0 Å². The van der Waals surface area contributed by atoms with Crippen molar-refractivity contribution in [1.82, 2.24) is 5.32 Å². The van der Waals surface area contributed by atoms with E-state index in [-0.39, 0.29) is 12.6 Å². The maximum absolute atomic E-state index is 11.3. The minimum Gasteiger partial charge on any atom is -0.463 e. The average Bonchev–Trinajstić information content (AvgIpc) is 2.12. The van der Waals surface area contributed by atoms with Crippen LogP contribution in [0.1, 0.15) is 27.2 Å². The molecule has 0 unspecified atom stereocenters. The van der Waals surface area contributed by atoms with Crippen LogP contribution in [0.15, 0.2) is 0 Å². The first-order valence-corrected chi connectivity index (χ1v) is 4.39. The van der Waals surface area contributed by atoms with E-state index >= 15 is 0 Å². The van der Waals surface area contributed by atoms with Crippen molar-refractivity contribution in [3.05, 3.63) is 0 Å². The van der Waals surface area contributed by atoms with Gasteiger partial charge in [-0.3, -0.25) is 9.59 Å². The SMILES string of the molecule is CCC(C)(C)C(=O)OCCNC=O. The fraction of sp³-hybridized carbons (Fsp3) is 0.778. The summed E-state index contributed by atoms with van der Waals surface area (Å²) < 4.78 is 4.94. The predicted molar refractivity (Wildman–Crippen MR) is 49.1 cm³/mol. The minimum atomic E-state index is -0.429. The van der Waals surface area contributed by atoms with Crippen LogP contribution in [0.4, 0.5) is 0 Å². The molecule has 0 bridgehead atoms. The molecule has 0 aliphatic rings. The Kier molecular flexibility index (Phi) is 5.11. The van der Waals surface area contributed by atoms with Crippen molar-refractivity contribution in [3.63, 3.8) is 0 Å². The summed E-state index contributed by atoms with van der Waals surface area (Å²) in [6.07, 6.45) is 1.33. The van der Waals surface area contributed by atoms with Crippen LogP contribution in [0.2, 0.25) is 0 Å². The molecule has 1 N–H and O–H groups in total. The second-order valence-electron chi connectivity index (χ2n) is 3.45. The molecule has 0 aromatic rings. The fourth-order valence-electron chi connectivity index (χ4n) is 0.601. The molecule has 76 valence electrons. The zero-order valence-corrected chi connectivity index (χ0v) is 8.42. The third-order valence-corrected chi connectivity index (χ3v) is 2.00.